The van der Waals surface area contributed by atoms with Crippen LogP contribution in [0.1, 0.15) is 10.5 Å². The van der Waals surface area contributed by atoms with Crippen molar-refractivity contribution in [3.05, 3.63) is 34.1 Å². The molecule has 0 saturated carbocycles. The molecule has 0 aromatic carbocycles. The van der Waals surface area contributed by atoms with E-state index in [1.165, 1.54) is 12.3 Å². The molecule has 0 atom stereocenters. The highest BCUT2D eigenvalue weighted by Crippen LogP contribution is 2.20. The van der Waals surface area contributed by atoms with Gasteiger partial charge in [0.05, 0.1) is 18.1 Å². The molecule has 3 rings (SSSR count). The van der Waals surface area contributed by atoms with Gasteiger partial charge in [0.15, 0.2) is 0 Å². The van der Waals surface area contributed by atoms with Crippen LogP contribution >= 0.6 is 0 Å². The van der Waals surface area contributed by atoms with Gasteiger partial charge in [-0.1, -0.05) is 0 Å². The number of hydrogen-bond donors (Lipinski definition) is 1. The van der Waals surface area contributed by atoms with Crippen LogP contribution in [0.3, 0.4) is 0 Å². The molecule has 1 amide bonds. The van der Waals surface area contributed by atoms with E-state index >= 15 is 0 Å². The molecule has 0 aliphatic carbocycles. The van der Waals surface area contributed by atoms with Crippen LogP contribution in [0, 0.1) is 10.1 Å². The summed E-state index contributed by atoms with van der Waals surface area (Å²) in [6.45, 7) is 2.13. The summed E-state index contributed by atoms with van der Waals surface area (Å²) in [5, 5.41) is 11.3. The average Bonchev–Trinajstić information content (AvgIpc) is 2.90. The number of pyridine rings is 1. The van der Waals surface area contributed by atoms with Gasteiger partial charge in [-0.3, -0.25) is 14.9 Å². The first-order valence-corrected chi connectivity index (χ1v) is 6.15. The normalized spacial score (nSPS) is 15.5. The van der Waals surface area contributed by atoms with Crippen molar-refractivity contribution in [2.24, 2.45) is 0 Å². The quantitative estimate of drug-likeness (QED) is 0.649. The van der Waals surface area contributed by atoms with E-state index in [9.17, 15) is 14.9 Å². The first-order valence-electron chi connectivity index (χ1n) is 6.15. The first-order chi connectivity index (χ1) is 9.65. The number of carbonyl (C=O) groups excluding carboxylic acids is 1. The van der Waals surface area contributed by atoms with E-state index in [1.807, 2.05) is 0 Å². The third-order valence-corrected chi connectivity index (χ3v) is 3.20. The number of amides is 1. The molecular weight excluding hydrogens is 264 g/mol. The van der Waals surface area contributed by atoms with E-state index < -0.39 is 4.92 Å². The Morgan fingerprint density at radius 3 is 2.85 bits per heavy atom. The standard InChI is InChI=1S/C12H12N4O4/c17-12(15-1-3-20-4-2-15)10-6-8-5-9(16(18)19)7-13-11(8)14-10/h5-7H,1-4H2,(H,13,14). The van der Waals surface area contributed by atoms with Gasteiger partial charge in [0, 0.05) is 24.5 Å². The maximum Gasteiger partial charge on any atom is 0.288 e. The predicted molar refractivity (Wildman–Crippen MR) is 69.5 cm³/mol. The Labute approximate surface area is 113 Å². The fourth-order valence-electron chi connectivity index (χ4n) is 2.16. The second-order valence-electron chi connectivity index (χ2n) is 4.48. The number of hydrogen-bond acceptors (Lipinski definition) is 5. The van der Waals surface area contributed by atoms with Crippen LogP contribution < -0.4 is 0 Å². The number of aromatic amines is 1. The summed E-state index contributed by atoms with van der Waals surface area (Å²) in [5.74, 6) is -0.144. The van der Waals surface area contributed by atoms with Gasteiger partial charge in [-0.25, -0.2) is 4.98 Å². The van der Waals surface area contributed by atoms with Gasteiger partial charge < -0.3 is 14.6 Å². The molecule has 0 spiro atoms. The van der Waals surface area contributed by atoms with Crippen molar-refractivity contribution in [3.8, 4) is 0 Å². The van der Waals surface area contributed by atoms with Crippen molar-refractivity contribution in [2.45, 2.75) is 0 Å². The Balaban J connectivity index is 1.92. The van der Waals surface area contributed by atoms with Gasteiger partial charge in [-0.15, -0.1) is 0 Å². The van der Waals surface area contributed by atoms with E-state index in [2.05, 4.69) is 9.97 Å². The lowest BCUT2D eigenvalue weighted by Crippen LogP contribution is -2.40. The number of nitrogens with one attached hydrogen (secondary N) is 1. The van der Waals surface area contributed by atoms with Gasteiger partial charge in [0.25, 0.3) is 11.6 Å². The fourth-order valence-corrected chi connectivity index (χ4v) is 2.16. The number of nitro groups is 1. The number of nitrogens with zero attached hydrogens (tertiary/aromatic N) is 3. The highest BCUT2D eigenvalue weighted by molar-refractivity contribution is 5.97. The topological polar surface area (TPSA) is 101 Å². The van der Waals surface area contributed by atoms with Gasteiger partial charge >= 0.3 is 0 Å². The van der Waals surface area contributed by atoms with Crippen molar-refractivity contribution < 1.29 is 14.5 Å². The lowest BCUT2D eigenvalue weighted by atomic mass is 10.3. The second kappa shape index (κ2) is 4.89. The average molecular weight is 276 g/mol. The molecule has 3 heterocycles. The highest BCUT2D eigenvalue weighted by atomic mass is 16.6. The summed E-state index contributed by atoms with van der Waals surface area (Å²) in [7, 11) is 0. The Morgan fingerprint density at radius 1 is 1.40 bits per heavy atom. The summed E-state index contributed by atoms with van der Waals surface area (Å²) in [5.41, 5.74) is 0.754. The van der Waals surface area contributed by atoms with Crippen LogP contribution in [0.2, 0.25) is 0 Å². The Morgan fingerprint density at radius 2 is 2.15 bits per heavy atom. The molecule has 1 saturated heterocycles. The molecule has 0 radical (unpaired) electrons. The van der Waals surface area contributed by atoms with E-state index in [4.69, 9.17) is 4.74 Å². The zero-order valence-electron chi connectivity index (χ0n) is 10.5. The van der Waals surface area contributed by atoms with Crippen molar-refractivity contribution in [3.63, 3.8) is 0 Å². The molecule has 1 aliphatic heterocycles. The lowest BCUT2D eigenvalue weighted by Gasteiger charge is -2.26. The number of ether oxygens (including phenoxy) is 1. The van der Waals surface area contributed by atoms with Crippen molar-refractivity contribution in [2.75, 3.05) is 26.3 Å². The molecule has 2 aromatic heterocycles. The van der Waals surface area contributed by atoms with Crippen LogP contribution in [0.5, 0.6) is 0 Å². The minimum Gasteiger partial charge on any atom is -0.378 e. The summed E-state index contributed by atoms with van der Waals surface area (Å²) in [6, 6.07) is 2.99. The largest absolute Gasteiger partial charge is 0.378 e. The molecule has 1 aliphatic rings. The minimum absolute atomic E-state index is 0.0955. The van der Waals surface area contributed by atoms with E-state index in [-0.39, 0.29) is 11.6 Å². The molecule has 0 unspecified atom stereocenters. The number of H-pyrrole nitrogens is 1. The number of rotatable bonds is 2. The summed E-state index contributed by atoms with van der Waals surface area (Å²) < 4.78 is 5.20. The van der Waals surface area contributed by atoms with Crippen LogP contribution in [0.25, 0.3) is 11.0 Å². The van der Waals surface area contributed by atoms with Crippen molar-refractivity contribution in [1.82, 2.24) is 14.9 Å². The van der Waals surface area contributed by atoms with Crippen molar-refractivity contribution >= 4 is 22.6 Å². The third kappa shape index (κ3) is 2.21. The summed E-state index contributed by atoms with van der Waals surface area (Å²) in [4.78, 5) is 31.0. The number of aromatic nitrogens is 2. The predicted octanol–water partition coefficient (Wildman–Crippen LogP) is 0.944. The molecule has 0 bridgehead atoms. The zero-order valence-corrected chi connectivity index (χ0v) is 10.5. The minimum atomic E-state index is -0.511. The molecular formula is C12H12N4O4. The van der Waals surface area contributed by atoms with Crippen molar-refractivity contribution in [1.29, 1.82) is 0 Å². The second-order valence-corrected chi connectivity index (χ2v) is 4.48. The zero-order chi connectivity index (χ0) is 14.1. The van der Waals surface area contributed by atoms with Gasteiger partial charge in [0.2, 0.25) is 0 Å². The van der Waals surface area contributed by atoms with Gasteiger partial charge in [-0.05, 0) is 6.07 Å². The van der Waals surface area contributed by atoms with Gasteiger partial charge in [0.1, 0.15) is 17.5 Å². The summed E-state index contributed by atoms with van der Waals surface area (Å²) in [6.07, 6.45) is 1.17. The third-order valence-electron chi connectivity index (χ3n) is 3.20. The molecule has 1 N–H and O–H groups in total. The van der Waals surface area contributed by atoms with E-state index in [0.29, 0.717) is 43.0 Å². The fraction of sp³-hybridized carbons (Fsp3) is 0.333. The van der Waals surface area contributed by atoms with Gasteiger partial charge in [-0.2, -0.15) is 0 Å². The molecule has 1 fully saturated rings. The highest BCUT2D eigenvalue weighted by Gasteiger charge is 2.21. The van der Waals surface area contributed by atoms with Crippen LogP contribution in [0.15, 0.2) is 18.3 Å². The Kier molecular flexibility index (Phi) is 3.07. The molecule has 8 nitrogen and oxygen atoms in total. The Bertz CT molecular complexity index is 675. The smallest absolute Gasteiger partial charge is 0.288 e. The van der Waals surface area contributed by atoms with E-state index in [1.54, 1.807) is 11.0 Å². The molecule has 8 heteroatoms. The molecule has 104 valence electrons. The van der Waals surface area contributed by atoms with Crippen LogP contribution in [0.4, 0.5) is 5.69 Å². The molecule has 2 aromatic rings. The maximum absolute atomic E-state index is 12.3. The number of morpholine rings is 1. The lowest BCUT2D eigenvalue weighted by molar-refractivity contribution is -0.385. The number of carbonyl (C=O) groups is 1. The van der Waals surface area contributed by atoms with E-state index in [0.717, 1.165) is 0 Å². The van der Waals surface area contributed by atoms with Crippen LogP contribution in [-0.4, -0.2) is 52.0 Å². The van der Waals surface area contributed by atoms with Crippen LogP contribution in [-0.2, 0) is 4.74 Å². The Hall–Kier alpha value is -2.48. The molecule has 20 heavy (non-hydrogen) atoms. The summed E-state index contributed by atoms with van der Waals surface area (Å²) >= 11 is 0. The monoisotopic (exact) mass is 276 g/mol. The number of fused-ring (bicyclic) bond motifs is 1. The SMILES string of the molecule is O=C(c1cc2cc([N+](=O)[O-])cnc2[nH]1)N1CCOCC1. The first kappa shape index (κ1) is 12.5. The maximum atomic E-state index is 12.3.